The third-order valence-corrected chi connectivity index (χ3v) is 3.96. The van der Waals surface area contributed by atoms with E-state index < -0.39 is 11.9 Å². The highest BCUT2D eigenvalue weighted by Gasteiger charge is 2.37. The molecule has 114 valence electrons. The van der Waals surface area contributed by atoms with Crippen LogP contribution >= 0.6 is 0 Å². The van der Waals surface area contributed by atoms with Crippen LogP contribution in [-0.4, -0.2) is 25.9 Å². The Hall–Kier alpha value is -1.99. The molecule has 8 heteroatoms. The summed E-state index contributed by atoms with van der Waals surface area (Å²) < 4.78 is 41.9. The van der Waals surface area contributed by atoms with E-state index in [9.17, 15) is 13.2 Å². The third kappa shape index (κ3) is 2.18. The Morgan fingerprint density at radius 3 is 2.62 bits per heavy atom. The van der Waals surface area contributed by atoms with Gasteiger partial charge in [-0.1, -0.05) is 0 Å². The van der Waals surface area contributed by atoms with E-state index in [0.29, 0.717) is 13.0 Å². The first-order chi connectivity index (χ1) is 9.79. The SMILES string of the molecule is Cc1nn(C)c(C)c1C1CCNc2nc(C(F)(F)F)cn21. The average Bonchev–Trinajstić information content (AvgIpc) is 2.92. The number of aromatic nitrogens is 4. The molecule has 1 N–H and O–H groups in total. The second-order valence-electron chi connectivity index (χ2n) is 5.29. The fourth-order valence-electron chi connectivity index (χ4n) is 2.91. The molecule has 1 aliphatic rings. The van der Waals surface area contributed by atoms with Gasteiger partial charge in [0.15, 0.2) is 5.69 Å². The number of nitrogens with one attached hydrogen (secondary N) is 1. The first-order valence-electron chi connectivity index (χ1n) is 6.69. The van der Waals surface area contributed by atoms with Crippen molar-refractivity contribution in [2.45, 2.75) is 32.5 Å². The molecule has 3 heterocycles. The second-order valence-corrected chi connectivity index (χ2v) is 5.29. The molecule has 21 heavy (non-hydrogen) atoms. The summed E-state index contributed by atoms with van der Waals surface area (Å²) in [5.74, 6) is 0.265. The van der Waals surface area contributed by atoms with Crippen molar-refractivity contribution in [1.82, 2.24) is 19.3 Å². The zero-order valence-electron chi connectivity index (χ0n) is 12.0. The van der Waals surface area contributed by atoms with Crippen LogP contribution in [0.3, 0.4) is 0 Å². The van der Waals surface area contributed by atoms with Crippen molar-refractivity contribution in [3.8, 4) is 0 Å². The van der Waals surface area contributed by atoms with Gasteiger partial charge in [0.05, 0.1) is 11.7 Å². The maximum Gasteiger partial charge on any atom is 0.434 e. The zero-order chi connectivity index (χ0) is 15.4. The number of halogens is 3. The molecule has 1 atom stereocenters. The van der Waals surface area contributed by atoms with E-state index in [1.54, 1.807) is 9.25 Å². The van der Waals surface area contributed by atoms with Gasteiger partial charge in [-0.2, -0.15) is 18.3 Å². The highest BCUT2D eigenvalue weighted by atomic mass is 19.4. The Kier molecular flexibility index (Phi) is 3.00. The Morgan fingerprint density at radius 2 is 2.05 bits per heavy atom. The van der Waals surface area contributed by atoms with Crippen LogP contribution < -0.4 is 5.32 Å². The van der Waals surface area contributed by atoms with Gasteiger partial charge < -0.3 is 9.88 Å². The molecule has 0 fully saturated rings. The van der Waals surface area contributed by atoms with Crippen LogP contribution in [0.25, 0.3) is 0 Å². The molecule has 2 aromatic rings. The quantitative estimate of drug-likeness (QED) is 0.880. The molecule has 0 aliphatic carbocycles. The van der Waals surface area contributed by atoms with Gasteiger partial charge in [0.2, 0.25) is 5.95 Å². The standard InChI is InChI=1S/C13H16F3N5/c1-7-11(8(2)20(3)19-7)9-4-5-17-12-18-10(6-21(9)12)13(14,15)16/h6,9H,4-5H2,1-3H3,(H,17,18). The van der Waals surface area contributed by atoms with Crippen LogP contribution in [-0.2, 0) is 13.2 Å². The predicted octanol–water partition coefficient (Wildman–Crippen LogP) is 2.66. The number of imidazole rings is 1. The smallest absolute Gasteiger partial charge is 0.356 e. The summed E-state index contributed by atoms with van der Waals surface area (Å²) in [6.07, 6.45) is -2.65. The number of hydrogen-bond acceptors (Lipinski definition) is 3. The van der Waals surface area contributed by atoms with Crippen LogP contribution in [0.1, 0.15) is 35.1 Å². The first kappa shape index (κ1) is 14.0. The summed E-state index contributed by atoms with van der Waals surface area (Å²) in [5, 5.41) is 7.28. The van der Waals surface area contributed by atoms with Gasteiger partial charge in [-0.15, -0.1) is 0 Å². The molecular formula is C13H16F3N5. The highest BCUT2D eigenvalue weighted by molar-refractivity contribution is 5.39. The lowest BCUT2D eigenvalue weighted by Gasteiger charge is -2.26. The van der Waals surface area contributed by atoms with E-state index in [1.165, 1.54) is 0 Å². The molecule has 3 rings (SSSR count). The number of fused-ring (bicyclic) bond motifs is 1. The summed E-state index contributed by atoms with van der Waals surface area (Å²) >= 11 is 0. The maximum atomic E-state index is 12.8. The molecule has 5 nitrogen and oxygen atoms in total. The molecule has 0 radical (unpaired) electrons. The average molecular weight is 299 g/mol. The summed E-state index contributed by atoms with van der Waals surface area (Å²) in [7, 11) is 1.84. The summed E-state index contributed by atoms with van der Waals surface area (Å²) in [4.78, 5) is 3.66. The van der Waals surface area contributed by atoms with Crippen molar-refractivity contribution in [2.24, 2.45) is 7.05 Å². The third-order valence-electron chi connectivity index (χ3n) is 3.96. The van der Waals surface area contributed by atoms with Crippen LogP contribution in [0.2, 0.25) is 0 Å². The minimum absolute atomic E-state index is 0.168. The van der Waals surface area contributed by atoms with E-state index >= 15 is 0 Å². The van der Waals surface area contributed by atoms with Crippen molar-refractivity contribution in [2.75, 3.05) is 11.9 Å². The van der Waals surface area contributed by atoms with Crippen LogP contribution in [0.4, 0.5) is 19.1 Å². The lowest BCUT2D eigenvalue weighted by atomic mass is 10.0. The second kappa shape index (κ2) is 4.51. The first-order valence-corrected chi connectivity index (χ1v) is 6.69. The molecule has 2 aromatic heterocycles. The van der Waals surface area contributed by atoms with Crippen molar-refractivity contribution >= 4 is 5.95 Å². The van der Waals surface area contributed by atoms with Crippen molar-refractivity contribution in [3.63, 3.8) is 0 Å². The molecule has 1 aliphatic heterocycles. The van der Waals surface area contributed by atoms with Crippen LogP contribution in [0.15, 0.2) is 6.20 Å². The zero-order valence-corrected chi connectivity index (χ0v) is 12.0. The highest BCUT2D eigenvalue weighted by Crippen LogP contribution is 2.36. The van der Waals surface area contributed by atoms with Gasteiger partial charge >= 0.3 is 6.18 Å². The monoisotopic (exact) mass is 299 g/mol. The Labute approximate surface area is 119 Å². The summed E-state index contributed by atoms with van der Waals surface area (Å²) in [5.41, 5.74) is 1.92. The molecule has 0 bridgehead atoms. The number of anilines is 1. The Morgan fingerprint density at radius 1 is 1.33 bits per heavy atom. The lowest BCUT2D eigenvalue weighted by Crippen LogP contribution is -2.24. The van der Waals surface area contributed by atoms with Crippen molar-refractivity contribution in [3.05, 3.63) is 28.8 Å². The van der Waals surface area contributed by atoms with Gasteiger partial charge in [0, 0.05) is 31.0 Å². The number of nitrogens with zero attached hydrogens (tertiary/aromatic N) is 4. The minimum Gasteiger partial charge on any atom is -0.356 e. The predicted molar refractivity (Wildman–Crippen MR) is 71.2 cm³/mol. The lowest BCUT2D eigenvalue weighted by molar-refractivity contribution is -0.140. The van der Waals surface area contributed by atoms with Gasteiger partial charge in [-0.05, 0) is 20.3 Å². The Bertz CT molecular complexity index is 683. The van der Waals surface area contributed by atoms with Gasteiger partial charge in [0.1, 0.15) is 0 Å². The fourth-order valence-corrected chi connectivity index (χ4v) is 2.91. The van der Waals surface area contributed by atoms with Gasteiger partial charge in [0.25, 0.3) is 0 Å². The molecule has 0 saturated carbocycles. The van der Waals surface area contributed by atoms with Crippen molar-refractivity contribution in [1.29, 1.82) is 0 Å². The molecular weight excluding hydrogens is 283 g/mol. The largest absolute Gasteiger partial charge is 0.434 e. The number of rotatable bonds is 1. The number of hydrogen-bond donors (Lipinski definition) is 1. The fraction of sp³-hybridized carbons (Fsp3) is 0.538. The van der Waals surface area contributed by atoms with E-state index in [1.807, 2.05) is 20.9 Å². The van der Waals surface area contributed by atoms with Crippen LogP contribution in [0.5, 0.6) is 0 Å². The number of alkyl halides is 3. The van der Waals surface area contributed by atoms with E-state index in [4.69, 9.17) is 0 Å². The molecule has 0 amide bonds. The van der Waals surface area contributed by atoms with E-state index in [0.717, 1.165) is 23.1 Å². The maximum absolute atomic E-state index is 12.8. The molecule has 0 aromatic carbocycles. The van der Waals surface area contributed by atoms with Crippen molar-refractivity contribution < 1.29 is 13.2 Å². The molecule has 0 spiro atoms. The number of aryl methyl sites for hydroxylation is 2. The summed E-state index contributed by atoms with van der Waals surface area (Å²) in [6.45, 7) is 4.40. The molecule has 1 unspecified atom stereocenters. The summed E-state index contributed by atoms with van der Waals surface area (Å²) in [6, 6.07) is -0.168. The van der Waals surface area contributed by atoms with E-state index in [-0.39, 0.29) is 12.0 Å². The van der Waals surface area contributed by atoms with E-state index in [2.05, 4.69) is 15.4 Å². The van der Waals surface area contributed by atoms with Gasteiger partial charge in [-0.3, -0.25) is 4.68 Å². The van der Waals surface area contributed by atoms with Crippen LogP contribution in [0, 0.1) is 13.8 Å². The van der Waals surface area contributed by atoms with Gasteiger partial charge in [-0.25, -0.2) is 4.98 Å². The normalized spacial score (nSPS) is 18.5. The topological polar surface area (TPSA) is 47.7 Å². The minimum atomic E-state index is -4.43. The Balaban J connectivity index is 2.10. The molecule has 0 saturated heterocycles.